The zero-order chi connectivity index (χ0) is 11.5. The number of hydrogen-bond donors (Lipinski definition) is 1. The lowest BCUT2D eigenvalue weighted by Gasteiger charge is -2.36. The van der Waals surface area contributed by atoms with E-state index in [-0.39, 0.29) is 0 Å². The van der Waals surface area contributed by atoms with E-state index in [0.29, 0.717) is 17.8 Å². The summed E-state index contributed by atoms with van der Waals surface area (Å²) < 4.78 is 0. The number of hydrogen-bond acceptors (Lipinski definition) is 4. The topological polar surface area (TPSA) is 55.0 Å². The molecule has 88 valence electrons. The minimum atomic E-state index is 0.542. The quantitative estimate of drug-likeness (QED) is 0.829. The van der Waals surface area contributed by atoms with Crippen molar-refractivity contribution < 1.29 is 0 Å². The summed E-state index contributed by atoms with van der Waals surface area (Å²) in [6, 6.07) is 2.28. The van der Waals surface area contributed by atoms with Crippen LogP contribution in [0.15, 0.2) is 12.3 Å². The van der Waals surface area contributed by atoms with E-state index < -0.39 is 0 Å². The summed E-state index contributed by atoms with van der Waals surface area (Å²) in [5, 5.41) is 0. The Labute approximate surface area is 96.9 Å². The summed E-state index contributed by atoms with van der Waals surface area (Å²) >= 11 is 0. The van der Waals surface area contributed by atoms with Crippen LogP contribution < -0.4 is 10.6 Å². The molecule has 4 nitrogen and oxygen atoms in total. The van der Waals surface area contributed by atoms with Crippen LogP contribution in [-0.4, -0.2) is 23.1 Å². The van der Waals surface area contributed by atoms with Gasteiger partial charge in [-0.3, -0.25) is 0 Å². The minimum Gasteiger partial charge on any atom is -0.384 e. The highest BCUT2D eigenvalue weighted by atomic mass is 15.3. The van der Waals surface area contributed by atoms with Crippen LogP contribution in [0.5, 0.6) is 0 Å². The molecule has 1 fully saturated rings. The van der Waals surface area contributed by atoms with Gasteiger partial charge < -0.3 is 10.6 Å². The van der Waals surface area contributed by atoms with Crippen LogP contribution in [0.25, 0.3) is 0 Å². The molecule has 2 N–H and O–H groups in total. The number of nitrogens with zero attached hydrogens (tertiary/aromatic N) is 3. The maximum atomic E-state index is 5.68. The van der Waals surface area contributed by atoms with Gasteiger partial charge in [0.05, 0.1) is 0 Å². The highest BCUT2D eigenvalue weighted by Gasteiger charge is 2.26. The van der Waals surface area contributed by atoms with Crippen molar-refractivity contribution >= 4 is 11.8 Å². The molecule has 1 saturated carbocycles. The molecule has 4 heteroatoms. The Morgan fingerprint density at radius 1 is 1.38 bits per heavy atom. The van der Waals surface area contributed by atoms with Gasteiger partial charge in [-0.1, -0.05) is 19.8 Å². The van der Waals surface area contributed by atoms with Gasteiger partial charge in [-0.2, -0.15) is 4.98 Å². The third-order valence-corrected chi connectivity index (χ3v) is 3.54. The maximum Gasteiger partial charge on any atom is 0.227 e. The average molecular weight is 220 g/mol. The summed E-state index contributed by atoms with van der Waals surface area (Å²) in [6.07, 6.45) is 6.92. The molecule has 0 amide bonds. The first-order valence-electron chi connectivity index (χ1n) is 6.00. The number of nitrogen functional groups attached to an aromatic ring is 1. The normalized spacial score (nSPS) is 25.4. The van der Waals surface area contributed by atoms with E-state index in [4.69, 9.17) is 5.73 Å². The van der Waals surface area contributed by atoms with Crippen molar-refractivity contribution in [2.75, 3.05) is 17.7 Å². The maximum absolute atomic E-state index is 5.68. The van der Waals surface area contributed by atoms with Crippen LogP contribution in [0.3, 0.4) is 0 Å². The fourth-order valence-corrected chi connectivity index (χ4v) is 2.55. The van der Waals surface area contributed by atoms with Crippen LogP contribution in [0.1, 0.15) is 32.6 Å². The molecule has 1 aromatic rings. The second kappa shape index (κ2) is 4.68. The lowest BCUT2D eigenvalue weighted by atomic mass is 9.85. The van der Waals surface area contributed by atoms with Gasteiger partial charge in [-0.25, -0.2) is 4.98 Å². The molecular formula is C12H20N4. The molecule has 0 bridgehead atoms. The van der Waals surface area contributed by atoms with Crippen molar-refractivity contribution in [1.29, 1.82) is 0 Å². The van der Waals surface area contributed by atoms with Crippen molar-refractivity contribution in [3.63, 3.8) is 0 Å². The van der Waals surface area contributed by atoms with Crippen LogP contribution in [-0.2, 0) is 0 Å². The predicted molar refractivity (Wildman–Crippen MR) is 66.3 cm³/mol. The molecule has 0 radical (unpaired) electrons. The van der Waals surface area contributed by atoms with Crippen molar-refractivity contribution in [2.24, 2.45) is 5.92 Å². The summed E-state index contributed by atoms with van der Waals surface area (Å²) in [4.78, 5) is 10.7. The smallest absolute Gasteiger partial charge is 0.227 e. The monoisotopic (exact) mass is 220 g/mol. The van der Waals surface area contributed by atoms with E-state index in [1.54, 1.807) is 12.3 Å². The predicted octanol–water partition coefficient (Wildman–Crippen LogP) is 2.07. The molecule has 2 rings (SSSR count). The van der Waals surface area contributed by atoms with Gasteiger partial charge >= 0.3 is 0 Å². The first-order chi connectivity index (χ1) is 7.68. The first-order valence-corrected chi connectivity index (χ1v) is 6.00. The molecule has 2 unspecified atom stereocenters. The van der Waals surface area contributed by atoms with Gasteiger partial charge in [0.15, 0.2) is 0 Å². The second-order valence-corrected chi connectivity index (χ2v) is 4.72. The van der Waals surface area contributed by atoms with Gasteiger partial charge in [0, 0.05) is 19.3 Å². The van der Waals surface area contributed by atoms with Gasteiger partial charge in [0.2, 0.25) is 5.95 Å². The molecule has 0 spiro atoms. The van der Waals surface area contributed by atoms with Gasteiger partial charge in [0.1, 0.15) is 5.82 Å². The molecule has 16 heavy (non-hydrogen) atoms. The SMILES string of the molecule is CC1CCCCC1N(C)c1nccc(N)n1. The van der Waals surface area contributed by atoms with E-state index in [0.717, 1.165) is 5.95 Å². The minimum absolute atomic E-state index is 0.542. The van der Waals surface area contributed by atoms with Crippen molar-refractivity contribution in [2.45, 2.75) is 38.6 Å². The highest BCUT2D eigenvalue weighted by Crippen LogP contribution is 2.29. The molecule has 0 aliphatic heterocycles. The Kier molecular flexibility index (Phi) is 3.27. The fourth-order valence-electron chi connectivity index (χ4n) is 2.55. The van der Waals surface area contributed by atoms with Crippen LogP contribution >= 0.6 is 0 Å². The highest BCUT2D eigenvalue weighted by molar-refractivity contribution is 5.38. The molecule has 1 heterocycles. The fraction of sp³-hybridized carbons (Fsp3) is 0.667. The molecule has 0 saturated heterocycles. The Balaban J connectivity index is 2.14. The molecular weight excluding hydrogens is 200 g/mol. The van der Waals surface area contributed by atoms with E-state index >= 15 is 0 Å². The first kappa shape index (κ1) is 11.2. The lowest BCUT2D eigenvalue weighted by molar-refractivity contribution is 0.319. The summed E-state index contributed by atoms with van der Waals surface area (Å²) in [7, 11) is 2.07. The lowest BCUT2D eigenvalue weighted by Crippen LogP contribution is -2.39. The second-order valence-electron chi connectivity index (χ2n) is 4.72. The average Bonchev–Trinajstić information content (AvgIpc) is 2.29. The standard InChI is InChI=1S/C12H20N4/c1-9-5-3-4-6-10(9)16(2)12-14-8-7-11(13)15-12/h7-10H,3-6H2,1-2H3,(H2,13,14,15). The van der Waals surface area contributed by atoms with E-state index in [1.165, 1.54) is 25.7 Å². The van der Waals surface area contributed by atoms with Gasteiger partial charge in [0.25, 0.3) is 0 Å². The number of anilines is 2. The largest absolute Gasteiger partial charge is 0.384 e. The van der Waals surface area contributed by atoms with Crippen LogP contribution in [0, 0.1) is 5.92 Å². The zero-order valence-corrected chi connectivity index (χ0v) is 10.1. The third kappa shape index (κ3) is 2.26. The van der Waals surface area contributed by atoms with E-state index in [1.807, 2.05) is 0 Å². The van der Waals surface area contributed by atoms with Crippen molar-refractivity contribution in [3.05, 3.63) is 12.3 Å². The van der Waals surface area contributed by atoms with E-state index in [9.17, 15) is 0 Å². The zero-order valence-electron chi connectivity index (χ0n) is 10.1. The summed E-state index contributed by atoms with van der Waals surface area (Å²) in [5.74, 6) is 2.00. The Morgan fingerprint density at radius 3 is 2.81 bits per heavy atom. The van der Waals surface area contributed by atoms with Crippen LogP contribution in [0.2, 0.25) is 0 Å². The van der Waals surface area contributed by atoms with Gasteiger partial charge in [-0.15, -0.1) is 0 Å². The van der Waals surface area contributed by atoms with Crippen molar-refractivity contribution in [1.82, 2.24) is 9.97 Å². The molecule has 1 aliphatic carbocycles. The summed E-state index contributed by atoms with van der Waals surface area (Å²) in [5.41, 5.74) is 5.68. The van der Waals surface area contributed by atoms with Gasteiger partial charge in [-0.05, 0) is 24.8 Å². The Bertz CT molecular complexity index is 353. The van der Waals surface area contributed by atoms with Crippen molar-refractivity contribution in [3.8, 4) is 0 Å². The molecule has 2 atom stereocenters. The number of aromatic nitrogens is 2. The summed E-state index contributed by atoms with van der Waals surface area (Å²) in [6.45, 7) is 2.31. The van der Waals surface area contributed by atoms with Crippen LogP contribution in [0.4, 0.5) is 11.8 Å². The molecule has 1 aliphatic rings. The van der Waals surface area contributed by atoms with E-state index in [2.05, 4.69) is 28.8 Å². The number of rotatable bonds is 2. The Morgan fingerprint density at radius 2 is 2.12 bits per heavy atom. The molecule has 0 aromatic carbocycles. The number of nitrogens with two attached hydrogens (primary N) is 1. The Hall–Kier alpha value is -1.32. The third-order valence-electron chi connectivity index (χ3n) is 3.54. The molecule has 1 aromatic heterocycles.